The number of esters is 1. The molecule has 0 spiro atoms. The van der Waals surface area contributed by atoms with Gasteiger partial charge in [0, 0.05) is 28.8 Å². The molecule has 0 radical (unpaired) electrons. The monoisotopic (exact) mass is 420 g/mol. The van der Waals surface area contributed by atoms with Gasteiger partial charge in [0.25, 0.3) is 0 Å². The molecule has 0 bridgehead atoms. The van der Waals surface area contributed by atoms with E-state index in [-0.39, 0.29) is 0 Å². The molecule has 6 nitrogen and oxygen atoms in total. The Morgan fingerprint density at radius 1 is 0.812 bits per heavy atom. The van der Waals surface area contributed by atoms with Crippen molar-refractivity contribution in [1.82, 2.24) is 14.6 Å². The molecular weight excluding hydrogens is 400 g/mol. The lowest BCUT2D eigenvalue weighted by molar-refractivity contribution is 0.0602. The first-order valence-corrected chi connectivity index (χ1v) is 10.2. The van der Waals surface area contributed by atoms with Crippen LogP contribution >= 0.6 is 0 Å². The van der Waals surface area contributed by atoms with E-state index in [1.165, 1.54) is 13.3 Å². The van der Waals surface area contributed by atoms with Crippen molar-refractivity contribution in [2.24, 2.45) is 0 Å². The molecule has 2 heterocycles. The Balaban J connectivity index is 1.56. The van der Waals surface area contributed by atoms with E-state index in [9.17, 15) is 4.79 Å². The van der Waals surface area contributed by atoms with E-state index in [4.69, 9.17) is 4.74 Å². The number of hydrogen-bond acceptors (Lipinski definition) is 5. The number of nitrogens with zero attached hydrogens (tertiary/aromatic N) is 4. The maximum Gasteiger partial charge on any atom is 0.343 e. The Morgan fingerprint density at radius 3 is 2.00 bits per heavy atom. The Bertz CT molecular complexity index is 1320. The maximum absolute atomic E-state index is 12.0. The summed E-state index contributed by atoms with van der Waals surface area (Å²) in [5, 5.41) is 4.36. The molecule has 0 N–H and O–H groups in total. The van der Waals surface area contributed by atoms with Crippen LogP contribution in [0.4, 0.5) is 17.1 Å². The minimum Gasteiger partial charge on any atom is -0.465 e. The Hall–Kier alpha value is -4.45. The number of para-hydroxylation sites is 2. The number of fused-ring (bicyclic) bond motifs is 1. The smallest absolute Gasteiger partial charge is 0.343 e. The molecule has 3 aromatic carbocycles. The van der Waals surface area contributed by atoms with Crippen LogP contribution < -0.4 is 4.90 Å². The number of hydrogen-bond donors (Lipinski definition) is 0. The van der Waals surface area contributed by atoms with Gasteiger partial charge in [-0.3, -0.25) is 0 Å². The summed E-state index contributed by atoms with van der Waals surface area (Å²) in [6.45, 7) is 0. The SMILES string of the molecule is COC(=O)c1cnn2c(-c3ccc(N(c4ccccc4)c4ccccc4)cc3)ccnc12. The van der Waals surface area contributed by atoms with Gasteiger partial charge in [-0.25, -0.2) is 14.3 Å². The number of carbonyl (C=O) groups excluding carboxylic acids is 1. The van der Waals surface area contributed by atoms with Gasteiger partial charge in [0.05, 0.1) is 19.0 Å². The lowest BCUT2D eigenvalue weighted by atomic mass is 10.1. The topological polar surface area (TPSA) is 59.7 Å². The van der Waals surface area contributed by atoms with Gasteiger partial charge in [-0.2, -0.15) is 5.10 Å². The van der Waals surface area contributed by atoms with Gasteiger partial charge in [-0.1, -0.05) is 48.5 Å². The molecule has 0 aliphatic heterocycles. The van der Waals surface area contributed by atoms with Crippen LogP contribution in [0.15, 0.2) is 103 Å². The normalized spacial score (nSPS) is 10.8. The minimum atomic E-state index is -0.457. The van der Waals surface area contributed by atoms with Crippen LogP contribution in [0.25, 0.3) is 16.9 Å². The van der Waals surface area contributed by atoms with Crippen LogP contribution in [-0.2, 0) is 4.74 Å². The number of methoxy groups -OCH3 is 1. The molecule has 0 aliphatic carbocycles. The van der Waals surface area contributed by atoms with Crippen molar-refractivity contribution in [3.05, 3.63) is 109 Å². The summed E-state index contributed by atoms with van der Waals surface area (Å²) in [6, 6.07) is 30.6. The highest BCUT2D eigenvalue weighted by Crippen LogP contribution is 2.35. The second-order valence-corrected chi connectivity index (χ2v) is 7.17. The third-order valence-electron chi connectivity index (χ3n) is 5.26. The molecular formula is C26H20N4O2. The maximum atomic E-state index is 12.0. The molecule has 0 saturated carbocycles. The summed E-state index contributed by atoms with van der Waals surface area (Å²) in [5.41, 5.74) is 5.79. The molecule has 32 heavy (non-hydrogen) atoms. The van der Waals surface area contributed by atoms with Crippen molar-refractivity contribution < 1.29 is 9.53 Å². The molecule has 0 atom stereocenters. The average Bonchev–Trinajstić information content (AvgIpc) is 3.30. The summed E-state index contributed by atoms with van der Waals surface area (Å²) in [4.78, 5) is 18.5. The number of ether oxygens (including phenoxy) is 1. The number of rotatable bonds is 5. The first-order chi connectivity index (χ1) is 15.8. The highest BCUT2D eigenvalue weighted by molar-refractivity contribution is 5.95. The van der Waals surface area contributed by atoms with E-state index >= 15 is 0 Å². The third kappa shape index (κ3) is 3.48. The number of benzene rings is 3. The first kappa shape index (κ1) is 19.5. The second-order valence-electron chi connectivity index (χ2n) is 7.17. The zero-order valence-electron chi connectivity index (χ0n) is 17.4. The van der Waals surface area contributed by atoms with Crippen LogP contribution in [0.5, 0.6) is 0 Å². The molecule has 156 valence electrons. The van der Waals surface area contributed by atoms with E-state index in [0.29, 0.717) is 11.2 Å². The Labute approximate surface area is 185 Å². The summed E-state index contributed by atoms with van der Waals surface area (Å²) in [6.07, 6.45) is 3.16. The summed E-state index contributed by atoms with van der Waals surface area (Å²) in [7, 11) is 1.35. The highest BCUT2D eigenvalue weighted by Gasteiger charge is 2.17. The molecule has 0 amide bonds. The quantitative estimate of drug-likeness (QED) is 0.344. The molecule has 6 heteroatoms. The van der Waals surface area contributed by atoms with Crippen molar-refractivity contribution in [2.75, 3.05) is 12.0 Å². The highest BCUT2D eigenvalue weighted by atomic mass is 16.5. The number of carbonyl (C=O) groups is 1. The molecule has 0 saturated heterocycles. The average molecular weight is 420 g/mol. The van der Waals surface area contributed by atoms with E-state index in [1.54, 1.807) is 10.7 Å². The van der Waals surface area contributed by atoms with Gasteiger partial charge in [0.15, 0.2) is 5.65 Å². The van der Waals surface area contributed by atoms with Gasteiger partial charge in [-0.05, 0) is 42.5 Å². The number of aromatic nitrogens is 3. The number of anilines is 3. The van der Waals surface area contributed by atoms with Crippen LogP contribution in [0.1, 0.15) is 10.4 Å². The summed E-state index contributed by atoms with van der Waals surface area (Å²) in [5.74, 6) is -0.457. The molecule has 0 unspecified atom stereocenters. The summed E-state index contributed by atoms with van der Waals surface area (Å²) >= 11 is 0. The molecule has 0 fully saturated rings. The van der Waals surface area contributed by atoms with E-state index < -0.39 is 5.97 Å². The predicted molar refractivity (Wildman–Crippen MR) is 124 cm³/mol. The minimum absolute atomic E-state index is 0.338. The summed E-state index contributed by atoms with van der Waals surface area (Å²) < 4.78 is 6.50. The lowest BCUT2D eigenvalue weighted by Crippen LogP contribution is -2.09. The van der Waals surface area contributed by atoms with Crippen LogP contribution in [0.3, 0.4) is 0 Å². The van der Waals surface area contributed by atoms with Crippen molar-refractivity contribution >= 4 is 28.7 Å². The van der Waals surface area contributed by atoms with Crippen LogP contribution in [0, 0.1) is 0 Å². The predicted octanol–water partition coefficient (Wildman–Crippen LogP) is 5.65. The first-order valence-electron chi connectivity index (χ1n) is 10.2. The Kier molecular flexibility index (Phi) is 5.09. The van der Waals surface area contributed by atoms with E-state index in [0.717, 1.165) is 28.3 Å². The fourth-order valence-corrected chi connectivity index (χ4v) is 3.75. The van der Waals surface area contributed by atoms with Crippen molar-refractivity contribution in [1.29, 1.82) is 0 Å². The van der Waals surface area contributed by atoms with E-state index in [1.807, 2.05) is 54.6 Å². The van der Waals surface area contributed by atoms with E-state index in [2.05, 4.69) is 51.4 Å². The van der Waals surface area contributed by atoms with Crippen molar-refractivity contribution in [2.45, 2.75) is 0 Å². The lowest BCUT2D eigenvalue weighted by Gasteiger charge is -2.25. The van der Waals surface area contributed by atoms with Crippen molar-refractivity contribution in [3.8, 4) is 11.3 Å². The van der Waals surface area contributed by atoms with Crippen LogP contribution in [-0.4, -0.2) is 27.7 Å². The van der Waals surface area contributed by atoms with Gasteiger partial charge in [0.2, 0.25) is 0 Å². The van der Waals surface area contributed by atoms with Gasteiger partial charge in [0.1, 0.15) is 5.56 Å². The molecule has 5 rings (SSSR count). The molecule has 2 aromatic heterocycles. The molecule has 0 aliphatic rings. The largest absolute Gasteiger partial charge is 0.465 e. The third-order valence-corrected chi connectivity index (χ3v) is 5.26. The fraction of sp³-hybridized carbons (Fsp3) is 0.0385. The molecule has 5 aromatic rings. The van der Waals surface area contributed by atoms with Gasteiger partial charge >= 0.3 is 5.97 Å². The van der Waals surface area contributed by atoms with Crippen LogP contribution in [0.2, 0.25) is 0 Å². The zero-order chi connectivity index (χ0) is 21.9. The van der Waals surface area contributed by atoms with Gasteiger partial charge in [-0.15, -0.1) is 0 Å². The van der Waals surface area contributed by atoms with Gasteiger partial charge < -0.3 is 9.64 Å². The standard InChI is InChI=1S/C26H20N4O2/c1-32-26(31)23-18-28-30-24(16-17-27-25(23)30)19-12-14-22(15-13-19)29(20-8-4-2-5-9-20)21-10-6-3-7-11-21/h2-18H,1H3. The second kappa shape index (κ2) is 8.35. The zero-order valence-corrected chi connectivity index (χ0v) is 17.4. The Morgan fingerprint density at radius 2 is 1.41 bits per heavy atom. The fourth-order valence-electron chi connectivity index (χ4n) is 3.75. The van der Waals surface area contributed by atoms with Crippen molar-refractivity contribution in [3.63, 3.8) is 0 Å².